The number of carbonyl (C=O) groups is 2. The second-order valence-electron chi connectivity index (χ2n) is 8.15. The van der Waals surface area contributed by atoms with Gasteiger partial charge in [-0.2, -0.15) is 0 Å². The fraction of sp³-hybridized carbons (Fsp3) is 0.185. The van der Waals surface area contributed by atoms with Crippen molar-refractivity contribution in [1.29, 1.82) is 0 Å². The van der Waals surface area contributed by atoms with Gasteiger partial charge in [0.25, 0.3) is 0 Å². The predicted octanol–water partition coefficient (Wildman–Crippen LogP) is 3.47. The average Bonchev–Trinajstić information content (AvgIpc) is 3.68. The van der Waals surface area contributed by atoms with E-state index in [-0.39, 0.29) is 11.9 Å². The molecule has 33 heavy (non-hydrogen) atoms. The van der Waals surface area contributed by atoms with Crippen molar-refractivity contribution >= 4 is 44.9 Å². The number of benzene rings is 3. The van der Waals surface area contributed by atoms with Crippen molar-refractivity contribution in [3.8, 4) is 0 Å². The zero-order chi connectivity index (χ0) is 23.0. The second-order valence-corrected chi connectivity index (χ2v) is 9.46. The van der Waals surface area contributed by atoms with Gasteiger partial charge in [-0.3, -0.25) is 0 Å². The molecule has 1 unspecified atom stereocenters. The molecule has 0 spiro atoms. The van der Waals surface area contributed by atoms with Crippen LogP contribution in [0.2, 0.25) is 0 Å². The summed E-state index contributed by atoms with van der Waals surface area (Å²) in [5, 5.41) is 5.95. The third-order valence-electron chi connectivity index (χ3n) is 5.51. The van der Waals surface area contributed by atoms with Crippen LogP contribution in [0, 0.1) is 0 Å². The average molecular weight is 501 g/mol. The molecule has 0 heterocycles. The molecular formula is C27H28AsN3O2. The van der Waals surface area contributed by atoms with Gasteiger partial charge in [-0.15, -0.1) is 0 Å². The first-order valence-electron chi connectivity index (χ1n) is 11.1. The molecule has 1 aliphatic rings. The molecule has 1 atom stereocenters. The topological polar surface area (TPSA) is 61.4 Å². The molecular weight excluding hydrogens is 473 g/mol. The molecule has 2 N–H and O–H groups in total. The molecule has 0 aliphatic heterocycles. The minimum absolute atomic E-state index is 0.0282. The molecule has 168 valence electrons. The summed E-state index contributed by atoms with van der Waals surface area (Å²) >= 11 is 1.48. The van der Waals surface area contributed by atoms with Crippen LogP contribution in [0.3, 0.4) is 0 Å². The van der Waals surface area contributed by atoms with Gasteiger partial charge in [0.05, 0.1) is 0 Å². The van der Waals surface area contributed by atoms with E-state index in [1.807, 2.05) is 83.8 Å². The fourth-order valence-electron chi connectivity index (χ4n) is 3.52. The number of urea groups is 1. The molecule has 0 aromatic heterocycles. The molecule has 1 fully saturated rings. The summed E-state index contributed by atoms with van der Waals surface area (Å²) in [5.41, 5.74) is 3.94. The van der Waals surface area contributed by atoms with Gasteiger partial charge in [-0.1, -0.05) is 30.3 Å². The van der Waals surface area contributed by atoms with Crippen molar-refractivity contribution in [2.75, 3.05) is 5.32 Å². The number of nitrogens with one attached hydrogen (secondary N) is 2. The van der Waals surface area contributed by atoms with E-state index in [0.717, 1.165) is 39.6 Å². The number of rotatable bonds is 8. The van der Waals surface area contributed by atoms with Crippen LogP contribution in [-0.4, -0.2) is 39.7 Å². The van der Waals surface area contributed by atoms with E-state index in [1.54, 1.807) is 12.2 Å². The third kappa shape index (κ3) is 6.84. The summed E-state index contributed by atoms with van der Waals surface area (Å²) in [6.45, 7) is 1.10. The summed E-state index contributed by atoms with van der Waals surface area (Å²) in [7, 11) is 0. The Labute approximate surface area is 203 Å². The van der Waals surface area contributed by atoms with Gasteiger partial charge >= 0.3 is 132 Å². The van der Waals surface area contributed by atoms with E-state index in [2.05, 4.69) is 10.6 Å². The van der Waals surface area contributed by atoms with Crippen LogP contribution in [0.1, 0.15) is 29.5 Å². The molecule has 6 heteroatoms. The van der Waals surface area contributed by atoms with Gasteiger partial charge in [-0.05, 0) is 18.4 Å². The molecule has 1 aliphatic carbocycles. The number of carbonyl (C=O) groups excluding carboxylic acids is 2. The van der Waals surface area contributed by atoms with Gasteiger partial charge in [0.1, 0.15) is 0 Å². The number of hydrogen-bond donors (Lipinski definition) is 2. The number of nitrogens with zero attached hydrogens (tertiary/aromatic N) is 1. The Kier molecular flexibility index (Phi) is 7.64. The number of amides is 3. The summed E-state index contributed by atoms with van der Waals surface area (Å²) in [4.78, 5) is 26.9. The van der Waals surface area contributed by atoms with E-state index in [4.69, 9.17) is 0 Å². The van der Waals surface area contributed by atoms with Gasteiger partial charge < -0.3 is 5.32 Å². The summed E-state index contributed by atoms with van der Waals surface area (Å²) < 4.78 is 1.09. The van der Waals surface area contributed by atoms with Crippen LogP contribution in [0.5, 0.6) is 0 Å². The molecule has 1 saturated carbocycles. The van der Waals surface area contributed by atoms with Crippen molar-refractivity contribution in [1.82, 2.24) is 10.2 Å². The molecule has 3 aromatic carbocycles. The van der Waals surface area contributed by atoms with E-state index in [1.165, 1.54) is 16.9 Å². The number of hydrogen-bond acceptors (Lipinski definition) is 2. The summed E-state index contributed by atoms with van der Waals surface area (Å²) in [6.07, 6.45) is 5.45. The number of anilines is 1. The second kappa shape index (κ2) is 11.0. The predicted molar refractivity (Wildman–Crippen MR) is 136 cm³/mol. The maximum atomic E-state index is 12.8. The van der Waals surface area contributed by atoms with Crippen LogP contribution in [0.25, 0.3) is 6.08 Å². The Morgan fingerprint density at radius 2 is 1.61 bits per heavy atom. The number of para-hydroxylation sites is 1. The molecule has 3 amide bonds. The van der Waals surface area contributed by atoms with E-state index >= 15 is 0 Å². The van der Waals surface area contributed by atoms with Gasteiger partial charge in [0.2, 0.25) is 0 Å². The van der Waals surface area contributed by atoms with E-state index in [9.17, 15) is 9.59 Å². The van der Waals surface area contributed by atoms with Crippen molar-refractivity contribution in [3.05, 3.63) is 102 Å². The SMILES string of the molecule is O=C(/C=C/c1ccc(CN(C(=O)NCc2ccccc2)C2CC2)cc1)Nc1ccccc1[AsH2]. The van der Waals surface area contributed by atoms with Crippen LogP contribution >= 0.6 is 0 Å². The zero-order valence-corrected chi connectivity index (χ0v) is 20.8. The van der Waals surface area contributed by atoms with Crippen molar-refractivity contribution in [2.45, 2.75) is 32.0 Å². The van der Waals surface area contributed by atoms with Crippen molar-refractivity contribution in [2.24, 2.45) is 0 Å². The quantitative estimate of drug-likeness (QED) is 0.367. The Bertz CT molecular complexity index is 1130. The first kappa shape index (κ1) is 22.9. The maximum absolute atomic E-state index is 12.8. The molecule has 4 rings (SSSR count). The van der Waals surface area contributed by atoms with E-state index < -0.39 is 0 Å². The zero-order valence-electron chi connectivity index (χ0n) is 18.4. The third-order valence-corrected chi connectivity index (χ3v) is 6.57. The van der Waals surface area contributed by atoms with Gasteiger partial charge in [0.15, 0.2) is 0 Å². The van der Waals surface area contributed by atoms with Crippen LogP contribution in [0.4, 0.5) is 10.5 Å². The minimum atomic E-state index is -0.154. The standard InChI is InChI=1S/C27H28AsN3O2/c28-24-8-4-5-9-25(24)30-26(32)17-14-20-10-12-22(13-11-20)19-31(23-15-16-23)27(33)29-18-21-6-2-1-3-7-21/h1-14,17,23H,15-16,18-19,28H2,(H,29,33)(H,30,32)/b17-14+. The van der Waals surface area contributed by atoms with Crippen molar-refractivity contribution < 1.29 is 9.59 Å². The Morgan fingerprint density at radius 1 is 0.909 bits per heavy atom. The molecule has 5 nitrogen and oxygen atoms in total. The van der Waals surface area contributed by atoms with Crippen molar-refractivity contribution in [3.63, 3.8) is 0 Å². The fourth-order valence-corrected chi connectivity index (χ4v) is 4.10. The van der Waals surface area contributed by atoms with Gasteiger partial charge in [-0.25, -0.2) is 4.79 Å². The first-order valence-corrected chi connectivity index (χ1v) is 12.3. The summed E-state index contributed by atoms with van der Waals surface area (Å²) in [5.74, 6) is -0.154. The van der Waals surface area contributed by atoms with Crippen LogP contribution in [-0.2, 0) is 17.9 Å². The monoisotopic (exact) mass is 501 g/mol. The Morgan fingerprint density at radius 3 is 2.30 bits per heavy atom. The first-order chi connectivity index (χ1) is 16.1. The normalized spacial score (nSPS) is 13.0. The molecule has 0 radical (unpaired) electrons. The van der Waals surface area contributed by atoms with E-state index in [0.29, 0.717) is 19.1 Å². The van der Waals surface area contributed by atoms with Crippen LogP contribution in [0.15, 0.2) is 84.9 Å². The Balaban J connectivity index is 1.32. The Hall–Kier alpha value is -3.30. The molecule has 3 aromatic rings. The van der Waals surface area contributed by atoms with Crippen LogP contribution < -0.4 is 15.0 Å². The molecule has 0 bridgehead atoms. The van der Waals surface area contributed by atoms with Gasteiger partial charge in [0, 0.05) is 12.6 Å². The summed E-state index contributed by atoms with van der Waals surface area (Å²) in [6, 6.07) is 26.0. The molecule has 0 saturated heterocycles.